The van der Waals surface area contributed by atoms with Gasteiger partial charge in [-0.3, -0.25) is 4.90 Å². The summed E-state index contributed by atoms with van der Waals surface area (Å²) in [7, 11) is 0. The van der Waals surface area contributed by atoms with Gasteiger partial charge in [0, 0.05) is 6.54 Å². The topological polar surface area (TPSA) is 92.9 Å². The summed E-state index contributed by atoms with van der Waals surface area (Å²) in [5, 5.41) is 9.13. The molecule has 3 N–H and O–H groups in total. The van der Waals surface area contributed by atoms with E-state index in [9.17, 15) is 14.0 Å². The molecule has 1 unspecified atom stereocenters. The van der Waals surface area contributed by atoms with Crippen molar-refractivity contribution in [1.82, 2.24) is 4.90 Å². The second-order valence-electron chi connectivity index (χ2n) is 7.30. The minimum atomic E-state index is -0.966. The molecule has 1 fully saturated rings. The van der Waals surface area contributed by atoms with Gasteiger partial charge in [-0.1, -0.05) is 55.5 Å². The number of ether oxygens (including phenoxy) is 1. The van der Waals surface area contributed by atoms with E-state index in [1.54, 1.807) is 35.2 Å². The highest BCUT2D eigenvalue weighted by atomic mass is 19.1. The number of nitrogens with zero attached hydrogens (tertiary/aromatic N) is 1. The summed E-state index contributed by atoms with van der Waals surface area (Å²) in [4.78, 5) is 24.9. The standard InChI is InChI=1S/C23H18FNO4.C2H7N/c24-20-10-8-17(9-11-20)21-14-25(23(28)29-21)13-15-4-6-16(7-5-15)18-2-1-3-19(12-18)22(26)27;1-2-3/h1-12,21H,13-14H2,(H,26,27);2-3H2,1H3. The van der Waals surface area contributed by atoms with Crippen molar-refractivity contribution in [3.63, 3.8) is 0 Å². The lowest BCUT2D eigenvalue weighted by Crippen LogP contribution is -2.23. The Labute approximate surface area is 186 Å². The Bertz CT molecular complexity index is 1070. The SMILES string of the molecule is CCN.O=C(O)c1cccc(-c2ccc(CN3CC(c4ccc(F)cc4)OC3=O)cc2)c1. The molecule has 0 aliphatic carbocycles. The summed E-state index contributed by atoms with van der Waals surface area (Å²) in [6.07, 6.45) is -0.821. The van der Waals surface area contributed by atoms with Crippen LogP contribution in [0.25, 0.3) is 11.1 Å². The number of cyclic esters (lactones) is 1. The molecule has 3 aromatic carbocycles. The van der Waals surface area contributed by atoms with Gasteiger partial charge < -0.3 is 15.6 Å². The van der Waals surface area contributed by atoms with Crippen LogP contribution in [0, 0.1) is 5.82 Å². The van der Waals surface area contributed by atoms with Gasteiger partial charge in [0.05, 0.1) is 12.1 Å². The maximum absolute atomic E-state index is 13.1. The molecule has 1 aliphatic heterocycles. The molecule has 1 heterocycles. The predicted octanol–water partition coefficient (Wildman–Crippen LogP) is 4.85. The van der Waals surface area contributed by atoms with Crippen molar-refractivity contribution >= 4 is 12.1 Å². The molecule has 1 aliphatic rings. The van der Waals surface area contributed by atoms with Crippen LogP contribution in [0.4, 0.5) is 9.18 Å². The summed E-state index contributed by atoms with van der Waals surface area (Å²) >= 11 is 0. The largest absolute Gasteiger partial charge is 0.478 e. The Morgan fingerprint density at radius 1 is 1.09 bits per heavy atom. The second-order valence-corrected chi connectivity index (χ2v) is 7.30. The average Bonchev–Trinajstić information content (AvgIpc) is 3.15. The highest BCUT2D eigenvalue weighted by Gasteiger charge is 2.32. The van der Waals surface area contributed by atoms with Gasteiger partial charge in [0.1, 0.15) is 11.9 Å². The number of rotatable bonds is 5. The lowest BCUT2D eigenvalue weighted by Gasteiger charge is -2.13. The van der Waals surface area contributed by atoms with E-state index >= 15 is 0 Å². The monoisotopic (exact) mass is 436 g/mol. The molecule has 3 aromatic rings. The molecule has 6 nitrogen and oxygen atoms in total. The molecule has 166 valence electrons. The molecule has 1 amide bonds. The van der Waals surface area contributed by atoms with E-state index < -0.39 is 18.2 Å². The number of carbonyl (C=O) groups is 2. The number of aromatic carboxylic acids is 1. The number of halogens is 1. The lowest BCUT2D eigenvalue weighted by atomic mass is 10.0. The molecule has 1 saturated heterocycles. The Morgan fingerprint density at radius 3 is 2.38 bits per heavy atom. The molecule has 0 spiro atoms. The zero-order valence-electron chi connectivity index (χ0n) is 17.7. The number of carbonyl (C=O) groups excluding carboxylic acids is 1. The Balaban J connectivity index is 0.000000913. The van der Waals surface area contributed by atoms with Crippen molar-refractivity contribution in [3.05, 3.63) is 95.3 Å². The van der Waals surface area contributed by atoms with Crippen LogP contribution in [-0.2, 0) is 11.3 Å². The number of amides is 1. The van der Waals surface area contributed by atoms with E-state index in [0.29, 0.717) is 13.1 Å². The van der Waals surface area contributed by atoms with E-state index in [-0.39, 0.29) is 11.4 Å². The molecular formula is C25H25FN2O4. The van der Waals surface area contributed by atoms with Crippen molar-refractivity contribution in [2.75, 3.05) is 13.1 Å². The second kappa shape index (κ2) is 10.5. The number of hydrogen-bond acceptors (Lipinski definition) is 4. The van der Waals surface area contributed by atoms with Crippen LogP contribution in [0.1, 0.15) is 34.5 Å². The van der Waals surface area contributed by atoms with Crippen LogP contribution < -0.4 is 5.73 Å². The first-order valence-corrected chi connectivity index (χ1v) is 10.2. The van der Waals surface area contributed by atoms with Crippen LogP contribution in [0.3, 0.4) is 0 Å². The predicted molar refractivity (Wildman–Crippen MR) is 120 cm³/mol. The highest BCUT2D eigenvalue weighted by molar-refractivity contribution is 5.89. The first kappa shape index (κ1) is 23.0. The normalized spacial score (nSPS) is 15.0. The smallest absolute Gasteiger partial charge is 0.410 e. The lowest BCUT2D eigenvalue weighted by molar-refractivity contribution is 0.0697. The summed E-state index contributed by atoms with van der Waals surface area (Å²) in [5.41, 5.74) is 8.48. The summed E-state index contributed by atoms with van der Waals surface area (Å²) < 4.78 is 18.5. The third-order valence-electron chi connectivity index (χ3n) is 4.90. The van der Waals surface area contributed by atoms with E-state index in [2.05, 4.69) is 0 Å². The molecule has 0 aromatic heterocycles. The molecule has 0 saturated carbocycles. The van der Waals surface area contributed by atoms with Gasteiger partial charge in [-0.15, -0.1) is 0 Å². The van der Waals surface area contributed by atoms with E-state index in [1.165, 1.54) is 12.1 Å². The van der Waals surface area contributed by atoms with Gasteiger partial charge in [0.25, 0.3) is 0 Å². The van der Waals surface area contributed by atoms with Gasteiger partial charge in [-0.05, 0) is 53.1 Å². The maximum Gasteiger partial charge on any atom is 0.410 e. The van der Waals surface area contributed by atoms with Gasteiger partial charge in [-0.2, -0.15) is 0 Å². The summed E-state index contributed by atoms with van der Waals surface area (Å²) in [6.45, 7) is 3.44. The molecule has 32 heavy (non-hydrogen) atoms. The van der Waals surface area contributed by atoms with Crippen LogP contribution in [0.2, 0.25) is 0 Å². The maximum atomic E-state index is 13.1. The molecule has 4 rings (SSSR count). The van der Waals surface area contributed by atoms with Crippen molar-refractivity contribution in [1.29, 1.82) is 0 Å². The first-order valence-electron chi connectivity index (χ1n) is 10.2. The third-order valence-corrected chi connectivity index (χ3v) is 4.90. The quantitative estimate of drug-likeness (QED) is 0.596. The molecular weight excluding hydrogens is 411 g/mol. The van der Waals surface area contributed by atoms with Gasteiger partial charge in [-0.25, -0.2) is 14.0 Å². The Morgan fingerprint density at radius 2 is 1.75 bits per heavy atom. The van der Waals surface area contributed by atoms with Crippen molar-refractivity contribution < 1.29 is 23.8 Å². The van der Waals surface area contributed by atoms with Crippen LogP contribution in [0.5, 0.6) is 0 Å². The van der Waals surface area contributed by atoms with Gasteiger partial charge in [0.15, 0.2) is 0 Å². The molecule has 7 heteroatoms. The number of benzene rings is 3. The molecule has 1 atom stereocenters. The minimum absolute atomic E-state index is 0.234. The Hall–Kier alpha value is -3.71. The summed E-state index contributed by atoms with van der Waals surface area (Å²) in [5.74, 6) is -1.30. The fraction of sp³-hybridized carbons (Fsp3) is 0.200. The van der Waals surface area contributed by atoms with Crippen molar-refractivity contribution in [2.45, 2.75) is 19.6 Å². The number of nitrogens with two attached hydrogens (primary N) is 1. The van der Waals surface area contributed by atoms with Crippen LogP contribution in [0.15, 0.2) is 72.8 Å². The van der Waals surface area contributed by atoms with Crippen LogP contribution >= 0.6 is 0 Å². The fourth-order valence-corrected chi connectivity index (χ4v) is 3.34. The average molecular weight is 436 g/mol. The van der Waals surface area contributed by atoms with Crippen molar-refractivity contribution in [3.8, 4) is 11.1 Å². The van der Waals surface area contributed by atoms with E-state index in [1.807, 2.05) is 37.3 Å². The van der Waals surface area contributed by atoms with Crippen molar-refractivity contribution in [2.24, 2.45) is 5.73 Å². The van der Waals surface area contributed by atoms with Crippen LogP contribution in [-0.4, -0.2) is 35.2 Å². The third kappa shape index (κ3) is 5.70. The molecule has 0 radical (unpaired) electrons. The fourth-order valence-electron chi connectivity index (χ4n) is 3.34. The van der Waals surface area contributed by atoms with Gasteiger partial charge >= 0.3 is 12.1 Å². The highest BCUT2D eigenvalue weighted by Crippen LogP contribution is 2.28. The summed E-state index contributed by atoms with van der Waals surface area (Å²) in [6, 6.07) is 20.3. The zero-order chi connectivity index (χ0) is 23.1. The first-order chi connectivity index (χ1) is 15.4. The number of carboxylic acid groups (broad SMARTS) is 1. The minimum Gasteiger partial charge on any atom is -0.478 e. The Kier molecular flexibility index (Phi) is 7.57. The zero-order valence-corrected chi connectivity index (χ0v) is 17.7. The molecule has 0 bridgehead atoms. The van der Waals surface area contributed by atoms with Gasteiger partial charge in [0.2, 0.25) is 0 Å². The number of hydrogen-bond donors (Lipinski definition) is 2. The van der Waals surface area contributed by atoms with E-state index in [0.717, 1.165) is 28.8 Å². The van der Waals surface area contributed by atoms with E-state index in [4.69, 9.17) is 15.6 Å². The number of carboxylic acids is 1.